The van der Waals surface area contributed by atoms with Gasteiger partial charge in [0.05, 0.1) is 16.8 Å². The van der Waals surface area contributed by atoms with Crippen LogP contribution in [0, 0.1) is 0 Å². The van der Waals surface area contributed by atoms with Gasteiger partial charge in [-0.3, -0.25) is 4.98 Å². The molecule has 20 heavy (non-hydrogen) atoms. The molecule has 1 heterocycles. The topological polar surface area (TPSA) is 82.3 Å². The summed E-state index contributed by atoms with van der Waals surface area (Å²) in [7, 11) is -3.19. The van der Waals surface area contributed by atoms with Gasteiger partial charge in [-0.2, -0.15) is 0 Å². The molecule has 0 bridgehead atoms. The summed E-state index contributed by atoms with van der Waals surface area (Å²) in [5.41, 5.74) is 6.50. The molecule has 2 N–H and O–H groups in total. The van der Waals surface area contributed by atoms with Crippen LogP contribution in [0.3, 0.4) is 0 Å². The van der Waals surface area contributed by atoms with Crippen LogP contribution in [0.25, 0.3) is 0 Å². The second-order valence-electron chi connectivity index (χ2n) is 4.55. The van der Waals surface area contributed by atoms with E-state index in [9.17, 15) is 8.42 Å². The van der Waals surface area contributed by atoms with Crippen LogP contribution in [-0.2, 0) is 9.84 Å². The number of rotatable bonds is 4. The van der Waals surface area contributed by atoms with E-state index in [4.69, 9.17) is 10.5 Å². The fourth-order valence-electron chi connectivity index (χ4n) is 1.61. The zero-order valence-corrected chi connectivity index (χ0v) is 12.1. The number of hydrogen-bond donors (Lipinski definition) is 1. The molecule has 0 radical (unpaired) electrons. The third-order valence-corrected chi connectivity index (χ3v) is 3.84. The van der Waals surface area contributed by atoms with Crippen molar-refractivity contribution in [2.45, 2.75) is 17.9 Å². The Morgan fingerprint density at radius 3 is 2.15 bits per heavy atom. The average molecular weight is 292 g/mol. The second-order valence-corrected chi connectivity index (χ2v) is 6.57. The Morgan fingerprint density at radius 2 is 1.70 bits per heavy atom. The third kappa shape index (κ3) is 3.55. The quantitative estimate of drug-likeness (QED) is 0.935. The van der Waals surface area contributed by atoms with Crippen LogP contribution in [0.15, 0.2) is 47.5 Å². The zero-order chi connectivity index (χ0) is 14.8. The van der Waals surface area contributed by atoms with E-state index in [1.807, 2.05) is 6.92 Å². The van der Waals surface area contributed by atoms with Crippen LogP contribution >= 0.6 is 0 Å². The molecule has 1 atom stereocenters. The lowest BCUT2D eigenvalue weighted by molar-refractivity contribution is 0.479. The lowest BCUT2D eigenvalue weighted by Gasteiger charge is -2.08. The Kier molecular flexibility index (Phi) is 4.06. The molecule has 0 saturated heterocycles. The molecule has 0 fully saturated rings. The maximum Gasteiger partial charge on any atom is 0.175 e. The van der Waals surface area contributed by atoms with Crippen molar-refractivity contribution in [1.82, 2.24) is 4.98 Å². The lowest BCUT2D eigenvalue weighted by atomic mass is 10.2. The first-order chi connectivity index (χ1) is 9.36. The number of hydrogen-bond acceptors (Lipinski definition) is 5. The summed E-state index contributed by atoms with van der Waals surface area (Å²) in [6.07, 6.45) is 2.75. The molecule has 0 unspecified atom stereocenters. The van der Waals surface area contributed by atoms with E-state index in [0.717, 1.165) is 5.69 Å². The predicted octanol–water partition coefficient (Wildman–Crippen LogP) is 2.30. The van der Waals surface area contributed by atoms with Gasteiger partial charge in [-0.15, -0.1) is 0 Å². The van der Waals surface area contributed by atoms with Gasteiger partial charge in [0.1, 0.15) is 11.5 Å². The highest BCUT2D eigenvalue weighted by atomic mass is 32.2. The van der Waals surface area contributed by atoms with Gasteiger partial charge in [-0.25, -0.2) is 8.42 Å². The number of pyridine rings is 1. The smallest absolute Gasteiger partial charge is 0.175 e. The van der Waals surface area contributed by atoms with Crippen LogP contribution < -0.4 is 10.5 Å². The van der Waals surface area contributed by atoms with E-state index in [0.29, 0.717) is 11.5 Å². The molecule has 106 valence electrons. The fraction of sp³-hybridized carbons (Fsp3) is 0.214. The van der Waals surface area contributed by atoms with Crippen LogP contribution in [0.2, 0.25) is 0 Å². The monoisotopic (exact) mass is 292 g/mol. The first-order valence-corrected chi connectivity index (χ1v) is 7.95. The molecule has 5 nitrogen and oxygen atoms in total. The van der Waals surface area contributed by atoms with Gasteiger partial charge in [0.15, 0.2) is 9.84 Å². The Labute approximate surface area is 118 Å². The number of nitrogens with zero attached hydrogens (tertiary/aromatic N) is 1. The highest BCUT2D eigenvalue weighted by molar-refractivity contribution is 7.90. The maximum absolute atomic E-state index is 11.3. The molecule has 0 aliphatic carbocycles. The summed E-state index contributed by atoms with van der Waals surface area (Å²) in [5.74, 6) is 1.12. The van der Waals surface area contributed by atoms with Gasteiger partial charge in [0, 0.05) is 12.3 Å². The number of sulfone groups is 1. The van der Waals surface area contributed by atoms with Crippen LogP contribution in [0.5, 0.6) is 11.5 Å². The summed E-state index contributed by atoms with van der Waals surface area (Å²) in [6.45, 7) is 1.85. The highest BCUT2D eigenvalue weighted by Gasteiger charge is 2.07. The molecular formula is C14H16N2O3S. The standard InChI is InChI=1S/C14H16N2O3S/c1-10(15)14-8-5-12(9-16-14)19-11-3-6-13(7-4-11)20(2,17)18/h3-10H,15H2,1-2H3/t10-/m1/s1. The normalized spacial score (nSPS) is 12.9. The lowest BCUT2D eigenvalue weighted by Crippen LogP contribution is -2.06. The van der Waals surface area contributed by atoms with Crippen LogP contribution in [0.1, 0.15) is 18.7 Å². The molecule has 2 rings (SSSR count). The summed E-state index contributed by atoms with van der Waals surface area (Å²) in [6, 6.07) is 9.67. The van der Waals surface area contributed by atoms with Gasteiger partial charge in [0.2, 0.25) is 0 Å². The van der Waals surface area contributed by atoms with Crippen molar-refractivity contribution < 1.29 is 13.2 Å². The summed E-state index contributed by atoms with van der Waals surface area (Å²) < 4.78 is 28.3. The van der Waals surface area contributed by atoms with Crippen molar-refractivity contribution >= 4 is 9.84 Å². The number of ether oxygens (including phenoxy) is 1. The van der Waals surface area contributed by atoms with Gasteiger partial charge < -0.3 is 10.5 Å². The Balaban J connectivity index is 2.14. The van der Waals surface area contributed by atoms with E-state index in [-0.39, 0.29) is 10.9 Å². The maximum atomic E-state index is 11.3. The van der Waals surface area contributed by atoms with E-state index in [1.54, 1.807) is 30.5 Å². The van der Waals surface area contributed by atoms with E-state index in [1.165, 1.54) is 18.4 Å². The second kappa shape index (κ2) is 5.60. The molecule has 1 aromatic heterocycles. The number of benzene rings is 1. The zero-order valence-electron chi connectivity index (χ0n) is 11.3. The molecule has 2 aromatic rings. The highest BCUT2D eigenvalue weighted by Crippen LogP contribution is 2.23. The number of nitrogens with two attached hydrogens (primary N) is 1. The van der Waals surface area contributed by atoms with E-state index >= 15 is 0 Å². The van der Waals surface area contributed by atoms with Crippen molar-refractivity contribution in [3.05, 3.63) is 48.3 Å². The minimum absolute atomic E-state index is 0.127. The molecule has 0 aliphatic heterocycles. The average Bonchev–Trinajstić information content (AvgIpc) is 2.39. The molecule has 0 spiro atoms. The predicted molar refractivity (Wildman–Crippen MR) is 76.5 cm³/mol. The van der Waals surface area contributed by atoms with Crippen molar-refractivity contribution in [3.63, 3.8) is 0 Å². The SMILES string of the molecule is C[C@@H](N)c1ccc(Oc2ccc(S(C)(=O)=O)cc2)cn1. The first-order valence-electron chi connectivity index (χ1n) is 6.06. The molecule has 6 heteroatoms. The van der Waals surface area contributed by atoms with Crippen molar-refractivity contribution in [1.29, 1.82) is 0 Å². The first kappa shape index (κ1) is 14.5. The largest absolute Gasteiger partial charge is 0.456 e. The minimum Gasteiger partial charge on any atom is -0.456 e. The van der Waals surface area contributed by atoms with Gasteiger partial charge in [0.25, 0.3) is 0 Å². The summed E-state index contributed by atoms with van der Waals surface area (Å²) >= 11 is 0. The summed E-state index contributed by atoms with van der Waals surface area (Å²) in [4.78, 5) is 4.44. The van der Waals surface area contributed by atoms with Crippen molar-refractivity contribution in [3.8, 4) is 11.5 Å². The molecular weight excluding hydrogens is 276 g/mol. The Morgan fingerprint density at radius 1 is 1.10 bits per heavy atom. The van der Waals surface area contributed by atoms with Gasteiger partial charge >= 0.3 is 0 Å². The van der Waals surface area contributed by atoms with E-state index in [2.05, 4.69) is 4.98 Å². The van der Waals surface area contributed by atoms with Crippen LogP contribution in [0.4, 0.5) is 0 Å². The van der Waals surface area contributed by atoms with Crippen LogP contribution in [-0.4, -0.2) is 19.7 Å². The fourth-order valence-corrected chi connectivity index (χ4v) is 2.24. The Hall–Kier alpha value is -1.92. The molecule has 1 aromatic carbocycles. The van der Waals surface area contributed by atoms with E-state index < -0.39 is 9.84 Å². The summed E-state index contributed by atoms with van der Waals surface area (Å²) in [5, 5.41) is 0. The molecule has 0 amide bonds. The van der Waals surface area contributed by atoms with Gasteiger partial charge in [-0.05, 0) is 43.3 Å². The number of aromatic nitrogens is 1. The van der Waals surface area contributed by atoms with Crippen molar-refractivity contribution in [2.75, 3.05) is 6.26 Å². The molecule has 0 aliphatic rings. The minimum atomic E-state index is -3.19. The molecule has 0 saturated carbocycles. The Bertz CT molecular complexity index is 677. The third-order valence-electron chi connectivity index (χ3n) is 2.71. The van der Waals surface area contributed by atoms with Crippen molar-refractivity contribution in [2.24, 2.45) is 5.73 Å². The van der Waals surface area contributed by atoms with Gasteiger partial charge in [-0.1, -0.05) is 0 Å².